The van der Waals surface area contributed by atoms with Crippen LogP contribution in [0.5, 0.6) is 0 Å². The van der Waals surface area contributed by atoms with Crippen LogP contribution in [0.2, 0.25) is 0 Å². The van der Waals surface area contributed by atoms with Crippen molar-refractivity contribution in [2.45, 2.75) is 64.2 Å². The molecule has 9 nitrogen and oxygen atoms in total. The molecule has 5 unspecified atom stereocenters. The molecule has 0 saturated carbocycles. The van der Waals surface area contributed by atoms with Gasteiger partial charge in [0.1, 0.15) is 18.1 Å². The number of carboxylic acids is 1. The second-order valence-corrected chi connectivity index (χ2v) is 7.28. The number of hydrogen-bond donors (Lipinski definition) is 5. The van der Waals surface area contributed by atoms with Crippen LogP contribution in [0.4, 0.5) is 0 Å². The predicted octanol–water partition coefficient (Wildman–Crippen LogP) is -0.645. The minimum absolute atomic E-state index is 0.0349. The van der Waals surface area contributed by atoms with Crippen LogP contribution in [0.1, 0.15) is 40.0 Å². The van der Waals surface area contributed by atoms with Crippen LogP contribution in [-0.2, 0) is 19.2 Å². The maximum atomic E-state index is 12.5. The van der Waals surface area contributed by atoms with Gasteiger partial charge in [-0.1, -0.05) is 20.3 Å². The Labute approximate surface area is 164 Å². The first kappa shape index (κ1) is 23.2. The number of thiol groups is 1. The van der Waals surface area contributed by atoms with Crippen molar-refractivity contribution in [3.63, 3.8) is 0 Å². The molecular weight excluding hydrogens is 372 g/mol. The average molecular weight is 403 g/mol. The van der Waals surface area contributed by atoms with Crippen LogP contribution in [0, 0.1) is 5.92 Å². The molecule has 0 aromatic heterocycles. The lowest BCUT2D eigenvalue weighted by atomic mass is 9.99. The zero-order valence-corrected chi connectivity index (χ0v) is 16.9. The van der Waals surface area contributed by atoms with Crippen molar-refractivity contribution in [2.75, 3.05) is 12.3 Å². The van der Waals surface area contributed by atoms with Crippen molar-refractivity contribution in [1.29, 1.82) is 0 Å². The van der Waals surface area contributed by atoms with Gasteiger partial charge in [0.25, 0.3) is 0 Å². The first-order valence-corrected chi connectivity index (χ1v) is 9.77. The van der Waals surface area contributed by atoms with Crippen molar-refractivity contribution in [3.8, 4) is 0 Å². The van der Waals surface area contributed by atoms with Gasteiger partial charge in [-0.05, 0) is 25.7 Å². The van der Waals surface area contributed by atoms with E-state index in [0.717, 1.165) is 6.42 Å². The summed E-state index contributed by atoms with van der Waals surface area (Å²) in [5.74, 6) is -2.55. The molecule has 0 bridgehead atoms. The first-order valence-electron chi connectivity index (χ1n) is 9.14. The van der Waals surface area contributed by atoms with Crippen LogP contribution in [0.3, 0.4) is 0 Å². The standard InChI is InChI=1S/C17H30N4O5S/c1-4-9(2)13(18)15(23)20-11(8-27)14(22)19-10(3)16(24)21-7-5-6-12(21)17(25)26/h9-13,27H,4-8,18H2,1-3H3,(H,19,22)(H,20,23)(H,25,26). The number of likely N-dealkylation sites (tertiary alicyclic amines) is 1. The van der Waals surface area contributed by atoms with E-state index in [1.165, 1.54) is 11.8 Å². The zero-order valence-electron chi connectivity index (χ0n) is 16.0. The fourth-order valence-electron chi connectivity index (χ4n) is 2.89. The van der Waals surface area contributed by atoms with Crippen molar-refractivity contribution >= 4 is 36.3 Å². The van der Waals surface area contributed by atoms with E-state index in [9.17, 15) is 24.3 Å². The predicted molar refractivity (Wildman–Crippen MR) is 103 cm³/mol. The molecule has 1 rings (SSSR count). The molecule has 0 spiro atoms. The summed E-state index contributed by atoms with van der Waals surface area (Å²) in [5.41, 5.74) is 5.87. The number of aliphatic carboxylic acids is 1. The summed E-state index contributed by atoms with van der Waals surface area (Å²) in [7, 11) is 0. The molecule has 10 heteroatoms. The summed E-state index contributed by atoms with van der Waals surface area (Å²) in [6, 6.07) is -3.48. The number of hydrogen-bond acceptors (Lipinski definition) is 6. The molecule has 1 fully saturated rings. The Morgan fingerprint density at radius 3 is 2.37 bits per heavy atom. The minimum atomic E-state index is -1.06. The largest absolute Gasteiger partial charge is 0.480 e. The normalized spacial score (nSPS) is 21.1. The molecule has 1 heterocycles. The summed E-state index contributed by atoms with van der Waals surface area (Å²) in [5, 5.41) is 14.3. The van der Waals surface area contributed by atoms with Crippen molar-refractivity contribution in [1.82, 2.24) is 15.5 Å². The van der Waals surface area contributed by atoms with Crippen LogP contribution in [0.25, 0.3) is 0 Å². The van der Waals surface area contributed by atoms with Crippen molar-refractivity contribution in [3.05, 3.63) is 0 Å². The number of rotatable bonds is 9. The molecule has 0 aromatic carbocycles. The zero-order chi connectivity index (χ0) is 20.7. The Morgan fingerprint density at radius 1 is 1.22 bits per heavy atom. The van der Waals surface area contributed by atoms with E-state index < -0.39 is 47.9 Å². The number of carbonyl (C=O) groups excluding carboxylic acids is 3. The molecule has 27 heavy (non-hydrogen) atoms. The van der Waals surface area contributed by atoms with Gasteiger partial charge >= 0.3 is 5.97 Å². The monoisotopic (exact) mass is 402 g/mol. The smallest absolute Gasteiger partial charge is 0.326 e. The van der Waals surface area contributed by atoms with Crippen LogP contribution in [-0.4, -0.2) is 70.2 Å². The lowest BCUT2D eigenvalue weighted by Crippen LogP contribution is -2.57. The molecule has 0 aromatic rings. The van der Waals surface area contributed by atoms with E-state index >= 15 is 0 Å². The second kappa shape index (κ2) is 10.5. The number of nitrogens with one attached hydrogen (secondary N) is 2. The lowest BCUT2D eigenvalue weighted by Gasteiger charge is -2.27. The summed E-state index contributed by atoms with van der Waals surface area (Å²) < 4.78 is 0. The molecule has 5 atom stereocenters. The summed E-state index contributed by atoms with van der Waals surface area (Å²) in [6.45, 7) is 5.58. The first-order chi connectivity index (χ1) is 12.6. The maximum Gasteiger partial charge on any atom is 0.326 e. The highest BCUT2D eigenvalue weighted by molar-refractivity contribution is 7.80. The number of nitrogens with two attached hydrogens (primary N) is 1. The maximum absolute atomic E-state index is 12.5. The Morgan fingerprint density at radius 2 is 1.85 bits per heavy atom. The molecule has 5 N–H and O–H groups in total. The van der Waals surface area contributed by atoms with Gasteiger partial charge in [-0.15, -0.1) is 0 Å². The molecular formula is C17H30N4O5S. The van der Waals surface area contributed by atoms with Gasteiger partial charge in [-0.2, -0.15) is 12.6 Å². The lowest BCUT2D eigenvalue weighted by molar-refractivity contribution is -0.149. The highest BCUT2D eigenvalue weighted by Gasteiger charge is 2.36. The van der Waals surface area contributed by atoms with E-state index in [2.05, 4.69) is 23.3 Å². The summed E-state index contributed by atoms with van der Waals surface area (Å²) >= 11 is 4.09. The Balaban J connectivity index is 2.67. The Bertz CT molecular complexity index is 574. The number of nitrogens with zero attached hydrogens (tertiary/aromatic N) is 1. The van der Waals surface area contributed by atoms with E-state index in [-0.39, 0.29) is 11.7 Å². The number of amides is 3. The Kier molecular flexibility index (Phi) is 9.04. The topological polar surface area (TPSA) is 142 Å². The van der Waals surface area contributed by atoms with Gasteiger partial charge in [0.15, 0.2) is 0 Å². The van der Waals surface area contributed by atoms with Gasteiger partial charge in [-0.3, -0.25) is 14.4 Å². The van der Waals surface area contributed by atoms with Gasteiger partial charge in [-0.25, -0.2) is 4.79 Å². The fraction of sp³-hybridized carbons (Fsp3) is 0.765. The van der Waals surface area contributed by atoms with E-state index in [1.54, 1.807) is 0 Å². The van der Waals surface area contributed by atoms with Crippen molar-refractivity contribution in [2.24, 2.45) is 11.7 Å². The molecule has 1 aliphatic rings. The molecule has 0 aliphatic carbocycles. The molecule has 0 radical (unpaired) electrons. The SMILES string of the molecule is CCC(C)C(N)C(=O)NC(CS)C(=O)NC(C)C(=O)N1CCCC1C(=O)O. The Hall–Kier alpha value is -1.81. The van der Waals surface area contributed by atoms with Crippen LogP contribution in [0.15, 0.2) is 0 Å². The van der Waals surface area contributed by atoms with Gasteiger partial charge in [0, 0.05) is 12.3 Å². The molecule has 1 saturated heterocycles. The third-order valence-electron chi connectivity index (χ3n) is 4.93. The minimum Gasteiger partial charge on any atom is -0.480 e. The number of carbonyl (C=O) groups is 4. The number of carboxylic acid groups (broad SMARTS) is 1. The highest BCUT2D eigenvalue weighted by atomic mass is 32.1. The van der Waals surface area contributed by atoms with E-state index in [1.807, 2.05) is 13.8 Å². The third kappa shape index (κ3) is 6.10. The van der Waals surface area contributed by atoms with Gasteiger partial charge in [0.05, 0.1) is 6.04 Å². The van der Waals surface area contributed by atoms with E-state index in [4.69, 9.17) is 5.73 Å². The molecule has 154 valence electrons. The quantitative estimate of drug-likeness (QED) is 0.325. The summed E-state index contributed by atoms with van der Waals surface area (Å²) in [6.07, 6.45) is 1.72. The molecule has 3 amide bonds. The summed E-state index contributed by atoms with van der Waals surface area (Å²) in [4.78, 5) is 49.6. The van der Waals surface area contributed by atoms with Crippen LogP contribution < -0.4 is 16.4 Å². The average Bonchev–Trinajstić information content (AvgIpc) is 3.13. The highest BCUT2D eigenvalue weighted by Crippen LogP contribution is 2.18. The van der Waals surface area contributed by atoms with Gasteiger partial charge < -0.3 is 26.4 Å². The fourth-order valence-corrected chi connectivity index (χ4v) is 3.14. The van der Waals surface area contributed by atoms with E-state index in [0.29, 0.717) is 19.4 Å². The third-order valence-corrected chi connectivity index (χ3v) is 5.29. The van der Waals surface area contributed by atoms with Crippen molar-refractivity contribution < 1.29 is 24.3 Å². The second-order valence-electron chi connectivity index (χ2n) is 6.91. The van der Waals surface area contributed by atoms with Crippen LogP contribution >= 0.6 is 12.6 Å². The molecule has 1 aliphatic heterocycles. The van der Waals surface area contributed by atoms with Gasteiger partial charge in [0.2, 0.25) is 17.7 Å².